The highest BCUT2D eigenvalue weighted by molar-refractivity contribution is 7.91. The summed E-state index contributed by atoms with van der Waals surface area (Å²) in [5.74, 6) is 0.465. The third-order valence-electron chi connectivity index (χ3n) is 3.02. The molecule has 11 heteroatoms. The van der Waals surface area contributed by atoms with Gasteiger partial charge in [0, 0.05) is 25.0 Å². The predicted molar refractivity (Wildman–Crippen MR) is 90.1 cm³/mol. The zero-order valence-electron chi connectivity index (χ0n) is 12.2. The second kappa shape index (κ2) is 6.85. The molecule has 3 rings (SSSR count). The number of halogens is 1. The Kier molecular flexibility index (Phi) is 4.81. The molecule has 0 unspecified atom stereocenters. The second-order valence-electron chi connectivity index (χ2n) is 4.66. The fourth-order valence-electron chi connectivity index (χ4n) is 1.92. The average molecular weight is 386 g/mol. The quantitative estimate of drug-likeness (QED) is 0.685. The maximum atomic E-state index is 12.1. The SMILES string of the molecule is O=c1ccc(-n2cccn2)nn1CCNS(=O)(=O)c1ccc(Cl)s1. The molecule has 0 spiro atoms. The molecule has 3 aromatic heterocycles. The van der Waals surface area contributed by atoms with Crippen LogP contribution in [0.5, 0.6) is 0 Å². The topological polar surface area (TPSA) is 98.9 Å². The van der Waals surface area contributed by atoms with Gasteiger partial charge in [-0.25, -0.2) is 22.5 Å². The van der Waals surface area contributed by atoms with Crippen LogP contribution < -0.4 is 10.3 Å². The van der Waals surface area contributed by atoms with E-state index >= 15 is 0 Å². The van der Waals surface area contributed by atoms with Crippen molar-refractivity contribution in [3.63, 3.8) is 0 Å². The van der Waals surface area contributed by atoms with Crippen LogP contribution in [0.4, 0.5) is 0 Å². The van der Waals surface area contributed by atoms with Gasteiger partial charge < -0.3 is 0 Å². The molecular weight excluding hydrogens is 374 g/mol. The maximum Gasteiger partial charge on any atom is 0.266 e. The van der Waals surface area contributed by atoms with E-state index in [1.807, 2.05) is 0 Å². The highest BCUT2D eigenvalue weighted by Gasteiger charge is 2.16. The minimum absolute atomic E-state index is 0.0212. The zero-order valence-corrected chi connectivity index (χ0v) is 14.6. The summed E-state index contributed by atoms with van der Waals surface area (Å²) in [5.41, 5.74) is -0.329. The number of sulfonamides is 1. The number of hydrogen-bond acceptors (Lipinski definition) is 6. The Labute approximate surface area is 146 Å². The van der Waals surface area contributed by atoms with Crippen LogP contribution in [0.1, 0.15) is 0 Å². The standard InChI is InChI=1S/C13H12ClN5O3S2/c14-10-2-5-13(23-10)24(21,22)16-7-9-19-12(20)4-3-11(17-19)18-8-1-6-15-18/h1-6,8,16H,7,9H2. The van der Waals surface area contributed by atoms with E-state index in [0.29, 0.717) is 10.2 Å². The van der Waals surface area contributed by atoms with Gasteiger partial charge in [0.1, 0.15) is 4.21 Å². The van der Waals surface area contributed by atoms with Gasteiger partial charge in [0.2, 0.25) is 10.0 Å². The van der Waals surface area contributed by atoms with Gasteiger partial charge in [-0.2, -0.15) is 5.10 Å². The van der Waals surface area contributed by atoms with Crippen LogP contribution in [-0.2, 0) is 16.6 Å². The highest BCUT2D eigenvalue weighted by Crippen LogP contribution is 2.25. The molecule has 126 valence electrons. The lowest BCUT2D eigenvalue weighted by atomic mass is 10.5. The van der Waals surface area contributed by atoms with Gasteiger partial charge in [-0.3, -0.25) is 4.79 Å². The van der Waals surface area contributed by atoms with Crippen molar-refractivity contribution in [3.05, 3.63) is 57.4 Å². The number of rotatable bonds is 6. The third-order valence-corrected chi connectivity index (χ3v) is 6.20. The lowest BCUT2D eigenvalue weighted by molar-refractivity contribution is 0.543. The zero-order chi connectivity index (χ0) is 17.2. The van der Waals surface area contributed by atoms with Crippen molar-refractivity contribution in [1.82, 2.24) is 24.3 Å². The summed E-state index contributed by atoms with van der Waals surface area (Å²) < 4.78 is 29.8. The van der Waals surface area contributed by atoms with E-state index < -0.39 is 10.0 Å². The van der Waals surface area contributed by atoms with Crippen LogP contribution in [0.3, 0.4) is 0 Å². The normalized spacial score (nSPS) is 11.7. The highest BCUT2D eigenvalue weighted by atomic mass is 35.5. The Morgan fingerprint density at radius 3 is 2.75 bits per heavy atom. The first-order chi connectivity index (χ1) is 11.5. The number of nitrogens with one attached hydrogen (secondary N) is 1. The Bertz CT molecular complexity index is 995. The number of thiophene rings is 1. The molecule has 0 amide bonds. The monoisotopic (exact) mass is 385 g/mol. The van der Waals surface area contributed by atoms with Gasteiger partial charge in [-0.05, 0) is 24.3 Å². The molecule has 0 bridgehead atoms. The van der Waals surface area contributed by atoms with Crippen molar-refractivity contribution in [2.24, 2.45) is 0 Å². The maximum absolute atomic E-state index is 12.1. The van der Waals surface area contributed by atoms with Gasteiger partial charge >= 0.3 is 0 Å². The molecule has 0 radical (unpaired) electrons. The van der Waals surface area contributed by atoms with Crippen molar-refractivity contribution in [2.75, 3.05) is 6.54 Å². The Morgan fingerprint density at radius 2 is 2.08 bits per heavy atom. The molecule has 24 heavy (non-hydrogen) atoms. The summed E-state index contributed by atoms with van der Waals surface area (Å²) in [6.07, 6.45) is 3.29. The molecule has 0 atom stereocenters. The molecule has 0 aliphatic heterocycles. The molecule has 0 fully saturated rings. The number of aromatic nitrogens is 4. The Balaban J connectivity index is 1.71. The van der Waals surface area contributed by atoms with Crippen molar-refractivity contribution in [1.29, 1.82) is 0 Å². The molecule has 1 N–H and O–H groups in total. The summed E-state index contributed by atoms with van der Waals surface area (Å²) in [6.45, 7) is 0.111. The summed E-state index contributed by atoms with van der Waals surface area (Å²) in [4.78, 5) is 11.8. The summed E-state index contributed by atoms with van der Waals surface area (Å²) in [6, 6.07) is 7.58. The predicted octanol–water partition coefficient (Wildman–Crippen LogP) is 1.12. The van der Waals surface area contributed by atoms with Gasteiger partial charge in [-0.1, -0.05) is 11.6 Å². The van der Waals surface area contributed by atoms with Crippen molar-refractivity contribution < 1.29 is 8.42 Å². The van der Waals surface area contributed by atoms with Crippen LogP contribution in [-0.4, -0.2) is 34.5 Å². The summed E-state index contributed by atoms with van der Waals surface area (Å²) >= 11 is 6.71. The minimum atomic E-state index is -3.65. The van der Waals surface area contributed by atoms with Gasteiger partial charge in [0.25, 0.3) is 5.56 Å². The van der Waals surface area contributed by atoms with E-state index in [4.69, 9.17) is 11.6 Å². The van der Waals surface area contributed by atoms with E-state index in [9.17, 15) is 13.2 Å². The molecule has 0 aromatic carbocycles. The lowest BCUT2D eigenvalue weighted by Crippen LogP contribution is -2.32. The first-order valence-corrected chi connectivity index (χ1v) is 9.47. The van der Waals surface area contributed by atoms with Crippen molar-refractivity contribution in [3.8, 4) is 5.82 Å². The van der Waals surface area contributed by atoms with E-state index in [2.05, 4.69) is 14.9 Å². The Morgan fingerprint density at radius 1 is 1.25 bits per heavy atom. The van der Waals surface area contributed by atoms with E-state index in [1.54, 1.807) is 24.5 Å². The molecule has 0 saturated carbocycles. The fourth-order valence-corrected chi connectivity index (χ4v) is 4.47. The van der Waals surface area contributed by atoms with E-state index in [1.165, 1.54) is 27.6 Å². The first kappa shape index (κ1) is 16.8. The molecule has 3 heterocycles. The minimum Gasteiger partial charge on any atom is -0.268 e. The average Bonchev–Trinajstić information content (AvgIpc) is 3.20. The second-order valence-corrected chi connectivity index (χ2v) is 8.37. The van der Waals surface area contributed by atoms with Crippen molar-refractivity contribution in [2.45, 2.75) is 10.8 Å². The number of hydrogen-bond donors (Lipinski definition) is 1. The molecule has 3 aromatic rings. The van der Waals surface area contributed by atoms with E-state index in [-0.39, 0.29) is 22.9 Å². The van der Waals surface area contributed by atoms with Crippen molar-refractivity contribution >= 4 is 33.0 Å². The Hall–Kier alpha value is -2.01. The molecule has 0 aliphatic rings. The smallest absolute Gasteiger partial charge is 0.266 e. The molecule has 8 nitrogen and oxygen atoms in total. The van der Waals surface area contributed by atoms with Crippen LogP contribution in [0.25, 0.3) is 5.82 Å². The van der Waals surface area contributed by atoms with E-state index in [0.717, 1.165) is 11.3 Å². The number of nitrogens with zero attached hydrogens (tertiary/aromatic N) is 4. The summed E-state index contributed by atoms with van der Waals surface area (Å²) in [7, 11) is -3.65. The largest absolute Gasteiger partial charge is 0.268 e. The van der Waals surface area contributed by atoms with Gasteiger partial charge in [0.05, 0.1) is 10.9 Å². The molecule has 0 aliphatic carbocycles. The van der Waals surface area contributed by atoms with Gasteiger partial charge in [0.15, 0.2) is 5.82 Å². The van der Waals surface area contributed by atoms with Crippen LogP contribution in [0, 0.1) is 0 Å². The lowest BCUT2D eigenvalue weighted by Gasteiger charge is -2.08. The molecule has 0 saturated heterocycles. The van der Waals surface area contributed by atoms with Gasteiger partial charge in [-0.15, -0.1) is 16.4 Å². The first-order valence-electron chi connectivity index (χ1n) is 6.79. The van der Waals surface area contributed by atoms with Crippen LogP contribution in [0.2, 0.25) is 4.34 Å². The van der Waals surface area contributed by atoms with Crippen LogP contribution in [0.15, 0.2) is 51.7 Å². The summed E-state index contributed by atoms with van der Waals surface area (Å²) in [5, 5.41) is 8.20. The fraction of sp³-hybridized carbons (Fsp3) is 0.154. The van der Waals surface area contributed by atoms with Crippen LogP contribution >= 0.6 is 22.9 Å². The third kappa shape index (κ3) is 3.73. The molecular formula is C13H12ClN5O3S2.